The van der Waals surface area contributed by atoms with E-state index in [9.17, 15) is 8.78 Å². The van der Waals surface area contributed by atoms with Crippen molar-refractivity contribution in [2.24, 2.45) is 12.0 Å². The fraction of sp³-hybridized carbons (Fsp3) is 0.444. The van der Waals surface area contributed by atoms with E-state index in [0.717, 1.165) is 19.4 Å². The van der Waals surface area contributed by atoms with E-state index in [1.807, 2.05) is 26.4 Å². The number of benzene rings is 1. The number of ether oxygens (including phenoxy) is 1. The highest BCUT2D eigenvalue weighted by Gasteiger charge is 2.09. The average molecular weight is 493 g/mol. The SMILES string of the molecule is CCNC(=NCc1ccccc1OC(F)F)NCCCc1cnn(C)c1.I. The molecule has 0 unspecified atom stereocenters. The lowest BCUT2D eigenvalue weighted by molar-refractivity contribution is -0.0504. The molecule has 0 fully saturated rings. The van der Waals surface area contributed by atoms with Crippen LogP contribution in [0.2, 0.25) is 0 Å². The van der Waals surface area contributed by atoms with Crippen LogP contribution in [0.25, 0.3) is 0 Å². The minimum absolute atomic E-state index is 0. The van der Waals surface area contributed by atoms with Crippen LogP contribution in [-0.2, 0) is 20.0 Å². The van der Waals surface area contributed by atoms with Gasteiger partial charge in [-0.05, 0) is 31.4 Å². The maximum atomic E-state index is 12.5. The summed E-state index contributed by atoms with van der Waals surface area (Å²) in [7, 11) is 1.90. The van der Waals surface area contributed by atoms with Gasteiger partial charge in [-0.15, -0.1) is 24.0 Å². The third-order valence-corrected chi connectivity index (χ3v) is 3.63. The smallest absolute Gasteiger partial charge is 0.387 e. The summed E-state index contributed by atoms with van der Waals surface area (Å²) in [4.78, 5) is 4.45. The maximum absolute atomic E-state index is 12.5. The normalized spacial score (nSPS) is 11.2. The largest absolute Gasteiger partial charge is 0.434 e. The Kier molecular flexibility index (Phi) is 10.7. The lowest BCUT2D eigenvalue weighted by Crippen LogP contribution is -2.37. The van der Waals surface area contributed by atoms with Crippen LogP contribution in [0.15, 0.2) is 41.7 Å². The van der Waals surface area contributed by atoms with Gasteiger partial charge >= 0.3 is 6.61 Å². The van der Waals surface area contributed by atoms with Gasteiger partial charge in [-0.3, -0.25) is 4.68 Å². The summed E-state index contributed by atoms with van der Waals surface area (Å²) in [6.07, 6.45) is 5.71. The number of para-hydroxylation sites is 1. The standard InChI is InChI=1S/C18H25F2N5O.HI/c1-3-21-18(22-10-6-7-14-11-24-25(2)13-14)23-12-15-8-4-5-9-16(15)26-17(19)20;/h4-5,8-9,11,13,17H,3,6-7,10,12H2,1-2H3,(H2,21,22,23);1H. The quantitative estimate of drug-likeness (QED) is 0.244. The fourth-order valence-corrected chi connectivity index (χ4v) is 2.45. The van der Waals surface area contributed by atoms with Gasteiger partial charge < -0.3 is 15.4 Å². The number of hydrogen-bond donors (Lipinski definition) is 2. The first kappa shape index (κ1) is 23.1. The van der Waals surface area contributed by atoms with Gasteiger partial charge in [0.15, 0.2) is 5.96 Å². The first-order chi connectivity index (χ1) is 12.6. The zero-order valence-electron chi connectivity index (χ0n) is 15.5. The van der Waals surface area contributed by atoms with Gasteiger partial charge in [0.25, 0.3) is 0 Å². The van der Waals surface area contributed by atoms with E-state index in [1.165, 1.54) is 11.6 Å². The molecular formula is C18H26F2IN5O. The van der Waals surface area contributed by atoms with Gasteiger partial charge in [-0.2, -0.15) is 13.9 Å². The topological polar surface area (TPSA) is 63.5 Å². The van der Waals surface area contributed by atoms with Crippen molar-refractivity contribution in [1.29, 1.82) is 0 Å². The summed E-state index contributed by atoms with van der Waals surface area (Å²) in [6.45, 7) is 0.833. The van der Waals surface area contributed by atoms with Crippen LogP contribution in [-0.4, -0.2) is 35.4 Å². The molecule has 0 saturated heterocycles. The summed E-state index contributed by atoms with van der Waals surface area (Å²) >= 11 is 0. The number of alkyl halides is 2. The van der Waals surface area contributed by atoms with Crippen molar-refractivity contribution in [2.75, 3.05) is 13.1 Å². The molecule has 0 atom stereocenters. The number of rotatable bonds is 9. The Hall–Kier alpha value is -1.91. The van der Waals surface area contributed by atoms with E-state index >= 15 is 0 Å². The number of nitrogens with one attached hydrogen (secondary N) is 2. The molecule has 1 aromatic carbocycles. The second-order valence-electron chi connectivity index (χ2n) is 5.73. The van der Waals surface area contributed by atoms with E-state index in [1.54, 1.807) is 22.9 Å². The number of guanidine groups is 1. The van der Waals surface area contributed by atoms with Crippen molar-refractivity contribution in [2.45, 2.75) is 32.9 Å². The van der Waals surface area contributed by atoms with Crippen molar-refractivity contribution in [3.63, 3.8) is 0 Å². The van der Waals surface area contributed by atoms with Crippen molar-refractivity contribution in [1.82, 2.24) is 20.4 Å². The van der Waals surface area contributed by atoms with Crippen LogP contribution >= 0.6 is 24.0 Å². The Morgan fingerprint density at radius 3 is 2.74 bits per heavy atom. The Bertz CT molecular complexity index is 709. The summed E-state index contributed by atoms with van der Waals surface area (Å²) in [5.74, 6) is 0.796. The van der Waals surface area contributed by atoms with Crippen molar-refractivity contribution in [3.8, 4) is 5.75 Å². The fourth-order valence-electron chi connectivity index (χ4n) is 2.45. The molecule has 0 radical (unpaired) electrons. The molecule has 0 spiro atoms. The molecule has 6 nitrogen and oxygen atoms in total. The van der Waals surface area contributed by atoms with E-state index in [2.05, 4.69) is 25.5 Å². The highest BCUT2D eigenvalue weighted by Crippen LogP contribution is 2.20. The number of aliphatic imine (C=N–C) groups is 1. The molecule has 9 heteroatoms. The number of nitrogens with zero attached hydrogens (tertiary/aromatic N) is 3. The predicted molar refractivity (Wildman–Crippen MR) is 113 cm³/mol. The van der Waals surface area contributed by atoms with Crippen LogP contribution < -0.4 is 15.4 Å². The van der Waals surface area contributed by atoms with E-state index in [-0.39, 0.29) is 36.3 Å². The Morgan fingerprint density at radius 2 is 2.07 bits per heavy atom. The van der Waals surface area contributed by atoms with Gasteiger partial charge in [0.05, 0.1) is 12.7 Å². The van der Waals surface area contributed by atoms with Gasteiger partial charge in [-0.1, -0.05) is 18.2 Å². The third kappa shape index (κ3) is 8.55. The van der Waals surface area contributed by atoms with Crippen LogP contribution in [0.1, 0.15) is 24.5 Å². The van der Waals surface area contributed by atoms with E-state index in [4.69, 9.17) is 0 Å². The van der Waals surface area contributed by atoms with Gasteiger partial charge in [0.2, 0.25) is 0 Å². The van der Waals surface area contributed by atoms with Gasteiger partial charge in [0.1, 0.15) is 5.75 Å². The molecule has 1 heterocycles. The first-order valence-electron chi connectivity index (χ1n) is 8.61. The molecule has 0 saturated carbocycles. The minimum atomic E-state index is -2.85. The molecule has 0 bridgehead atoms. The molecular weight excluding hydrogens is 467 g/mol. The molecule has 2 aromatic rings. The van der Waals surface area contributed by atoms with Crippen LogP contribution in [0, 0.1) is 0 Å². The van der Waals surface area contributed by atoms with Crippen molar-refractivity contribution < 1.29 is 13.5 Å². The van der Waals surface area contributed by atoms with E-state index < -0.39 is 6.61 Å². The summed E-state index contributed by atoms with van der Waals surface area (Å²) in [5.41, 5.74) is 1.80. The number of hydrogen-bond acceptors (Lipinski definition) is 3. The molecule has 27 heavy (non-hydrogen) atoms. The molecule has 2 rings (SSSR count). The van der Waals surface area contributed by atoms with E-state index in [0.29, 0.717) is 18.1 Å². The molecule has 0 aliphatic carbocycles. The molecule has 150 valence electrons. The molecule has 0 aliphatic heterocycles. The molecule has 2 N–H and O–H groups in total. The predicted octanol–water partition coefficient (Wildman–Crippen LogP) is 3.33. The maximum Gasteiger partial charge on any atom is 0.387 e. The summed E-state index contributed by atoms with van der Waals surface area (Å²) < 4.78 is 31.3. The first-order valence-corrected chi connectivity index (χ1v) is 8.61. The molecule has 0 aliphatic rings. The zero-order valence-corrected chi connectivity index (χ0v) is 17.8. The Labute approximate surface area is 175 Å². The molecule has 0 amide bonds. The summed E-state index contributed by atoms with van der Waals surface area (Å²) in [5, 5.41) is 10.5. The number of halogens is 3. The minimum Gasteiger partial charge on any atom is -0.434 e. The number of aryl methyl sites for hydroxylation is 2. The second kappa shape index (κ2) is 12.5. The van der Waals surface area contributed by atoms with Crippen LogP contribution in [0.3, 0.4) is 0 Å². The average Bonchev–Trinajstić information content (AvgIpc) is 3.02. The van der Waals surface area contributed by atoms with Crippen LogP contribution in [0.5, 0.6) is 5.75 Å². The summed E-state index contributed by atoms with van der Waals surface area (Å²) in [6, 6.07) is 6.68. The molecule has 1 aromatic heterocycles. The third-order valence-electron chi connectivity index (χ3n) is 3.63. The Balaban J connectivity index is 0.00000364. The van der Waals surface area contributed by atoms with Crippen molar-refractivity contribution >= 4 is 29.9 Å². The highest BCUT2D eigenvalue weighted by atomic mass is 127. The number of aromatic nitrogens is 2. The lowest BCUT2D eigenvalue weighted by atomic mass is 10.2. The second-order valence-corrected chi connectivity index (χ2v) is 5.73. The van der Waals surface area contributed by atoms with Crippen molar-refractivity contribution in [3.05, 3.63) is 47.8 Å². The highest BCUT2D eigenvalue weighted by molar-refractivity contribution is 14.0. The Morgan fingerprint density at radius 1 is 1.30 bits per heavy atom. The van der Waals surface area contributed by atoms with Crippen LogP contribution in [0.4, 0.5) is 8.78 Å². The van der Waals surface area contributed by atoms with Gasteiger partial charge in [0, 0.05) is 31.9 Å². The monoisotopic (exact) mass is 493 g/mol. The lowest BCUT2D eigenvalue weighted by Gasteiger charge is -2.12. The zero-order chi connectivity index (χ0) is 18.8. The van der Waals surface area contributed by atoms with Gasteiger partial charge in [-0.25, -0.2) is 4.99 Å².